The summed E-state index contributed by atoms with van der Waals surface area (Å²) in [4.78, 5) is 13.3. The molecule has 0 aliphatic rings. The predicted molar refractivity (Wildman–Crippen MR) is 128 cm³/mol. The normalized spacial score (nSPS) is 11.6. The number of hydrogen-bond acceptors (Lipinski definition) is 4. The number of carboxylic acid groups (broad SMARTS) is 1. The second kappa shape index (κ2) is 8.90. The molecular weight excluding hydrogens is 444 g/mol. The van der Waals surface area contributed by atoms with Crippen LogP contribution in [-0.2, 0) is 18.4 Å². The first-order chi connectivity index (χ1) is 15.2. The van der Waals surface area contributed by atoms with E-state index in [4.69, 9.17) is 16.7 Å². The summed E-state index contributed by atoms with van der Waals surface area (Å²) in [7, 11) is 0. The Labute approximate surface area is 195 Å². The molecule has 0 aliphatic carbocycles. The molecule has 0 saturated heterocycles. The maximum atomic E-state index is 11.0. The average molecular weight is 467 g/mol. The SMILES string of the molecule is CC(C)(O)c1cc(-c2ccc(CCc3ccc(C(=O)O)cc3)s2)n(-c2ccccc2Cl)n1. The molecule has 2 aromatic heterocycles. The lowest BCUT2D eigenvalue weighted by Crippen LogP contribution is -2.16. The van der Waals surface area contributed by atoms with Crippen LogP contribution in [0.5, 0.6) is 0 Å². The maximum Gasteiger partial charge on any atom is 0.335 e. The van der Waals surface area contributed by atoms with Crippen molar-refractivity contribution in [3.63, 3.8) is 0 Å². The molecule has 7 heteroatoms. The van der Waals surface area contributed by atoms with Crippen LogP contribution in [0, 0.1) is 0 Å². The molecule has 164 valence electrons. The van der Waals surface area contributed by atoms with Crippen molar-refractivity contribution in [2.24, 2.45) is 0 Å². The van der Waals surface area contributed by atoms with Gasteiger partial charge in [0.05, 0.1) is 32.5 Å². The summed E-state index contributed by atoms with van der Waals surface area (Å²) in [5, 5.41) is 24.8. The van der Waals surface area contributed by atoms with Gasteiger partial charge in [0.25, 0.3) is 0 Å². The highest BCUT2D eigenvalue weighted by Crippen LogP contribution is 2.35. The highest BCUT2D eigenvalue weighted by molar-refractivity contribution is 7.15. The number of para-hydroxylation sites is 1. The first kappa shape index (κ1) is 22.3. The Bertz CT molecular complexity index is 1250. The first-order valence-electron chi connectivity index (χ1n) is 10.2. The Balaban J connectivity index is 1.61. The van der Waals surface area contributed by atoms with Gasteiger partial charge in [-0.3, -0.25) is 0 Å². The lowest BCUT2D eigenvalue weighted by molar-refractivity contribution is 0.0695. The number of benzene rings is 2. The van der Waals surface area contributed by atoms with E-state index < -0.39 is 11.6 Å². The molecule has 4 rings (SSSR count). The summed E-state index contributed by atoms with van der Waals surface area (Å²) in [5.74, 6) is -0.917. The topological polar surface area (TPSA) is 75.3 Å². The van der Waals surface area contributed by atoms with Crippen LogP contribution in [0.1, 0.15) is 40.3 Å². The fraction of sp³-hybridized carbons (Fsp3) is 0.200. The van der Waals surface area contributed by atoms with Crippen LogP contribution in [-0.4, -0.2) is 26.0 Å². The van der Waals surface area contributed by atoms with Crippen molar-refractivity contribution in [1.29, 1.82) is 0 Å². The van der Waals surface area contributed by atoms with Gasteiger partial charge in [-0.2, -0.15) is 5.10 Å². The van der Waals surface area contributed by atoms with Crippen LogP contribution >= 0.6 is 22.9 Å². The summed E-state index contributed by atoms with van der Waals surface area (Å²) in [6.07, 6.45) is 1.66. The number of aromatic nitrogens is 2. The highest BCUT2D eigenvalue weighted by Gasteiger charge is 2.24. The molecule has 0 atom stereocenters. The van der Waals surface area contributed by atoms with Crippen LogP contribution < -0.4 is 0 Å². The van der Waals surface area contributed by atoms with E-state index in [0.717, 1.165) is 34.7 Å². The van der Waals surface area contributed by atoms with E-state index in [-0.39, 0.29) is 0 Å². The van der Waals surface area contributed by atoms with Gasteiger partial charge in [0.15, 0.2) is 0 Å². The fourth-order valence-corrected chi connectivity index (χ4v) is 4.62. The monoisotopic (exact) mass is 466 g/mol. The lowest BCUT2D eigenvalue weighted by Gasteiger charge is -2.13. The standard InChI is InChI=1S/C25H23ClN2O3S/c1-25(2,31)23-15-21(28(27-23)20-6-4-3-5-19(20)26)22-14-13-18(32-22)12-9-16-7-10-17(11-8-16)24(29)30/h3-8,10-11,13-15,31H,9,12H2,1-2H3,(H,29,30). The van der Waals surface area contributed by atoms with E-state index in [1.54, 1.807) is 42.0 Å². The Morgan fingerprint density at radius 3 is 2.44 bits per heavy atom. The minimum absolute atomic E-state index is 0.294. The van der Waals surface area contributed by atoms with Crippen molar-refractivity contribution in [3.05, 3.63) is 93.5 Å². The minimum Gasteiger partial charge on any atom is -0.478 e. The van der Waals surface area contributed by atoms with E-state index in [0.29, 0.717) is 16.3 Å². The molecule has 32 heavy (non-hydrogen) atoms. The van der Waals surface area contributed by atoms with Gasteiger partial charge in [0, 0.05) is 4.88 Å². The molecule has 0 saturated carbocycles. The van der Waals surface area contributed by atoms with Gasteiger partial charge in [-0.25, -0.2) is 9.48 Å². The van der Waals surface area contributed by atoms with Gasteiger partial charge in [-0.05, 0) is 74.7 Å². The molecule has 0 unspecified atom stereocenters. The van der Waals surface area contributed by atoms with Crippen molar-refractivity contribution in [2.75, 3.05) is 0 Å². The zero-order valence-corrected chi connectivity index (χ0v) is 19.3. The van der Waals surface area contributed by atoms with Gasteiger partial charge in [-0.15, -0.1) is 11.3 Å². The van der Waals surface area contributed by atoms with Crippen LogP contribution in [0.2, 0.25) is 5.02 Å². The quantitative estimate of drug-likeness (QED) is 0.352. The average Bonchev–Trinajstić information content (AvgIpc) is 3.40. The molecule has 0 amide bonds. The van der Waals surface area contributed by atoms with Crippen LogP contribution in [0.3, 0.4) is 0 Å². The molecule has 5 nitrogen and oxygen atoms in total. The van der Waals surface area contributed by atoms with Crippen molar-refractivity contribution < 1.29 is 15.0 Å². The molecule has 0 spiro atoms. The summed E-state index contributed by atoms with van der Waals surface area (Å²) in [6.45, 7) is 3.43. The zero-order chi connectivity index (χ0) is 22.9. The Morgan fingerprint density at radius 2 is 1.78 bits per heavy atom. The lowest BCUT2D eigenvalue weighted by atomic mass is 10.1. The number of carbonyl (C=O) groups is 1. The van der Waals surface area contributed by atoms with E-state index in [9.17, 15) is 9.90 Å². The second-order valence-corrected chi connectivity index (χ2v) is 9.68. The third kappa shape index (κ3) is 4.78. The number of thiophene rings is 1. The number of aromatic carboxylic acids is 1. The van der Waals surface area contributed by atoms with Gasteiger partial charge in [-0.1, -0.05) is 35.9 Å². The molecule has 0 bridgehead atoms. The Morgan fingerprint density at radius 1 is 1.06 bits per heavy atom. The maximum absolute atomic E-state index is 11.0. The fourth-order valence-electron chi connectivity index (χ4n) is 3.39. The molecular formula is C25H23ClN2O3S. The van der Waals surface area contributed by atoms with E-state index >= 15 is 0 Å². The van der Waals surface area contributed by atoms with Crippen molar-refractivity contribution in [1.82, 2.24) is 9.78 Å². The summed E-state index contributed by atoms with van der Waals surface area (Å²) in [5.41, 5.74) is 2.51. The highest BCUT2D eigenvalue weighted by atomic mass is 35.5. The number of nitrogens with zero attached hydrogens (tertiary/aromatic N) is 2. The molecule has 0 fully saturated rings. The number of carboxylic acids is 1. The number of hydrogen-bond donors (Lipinski definition) is 2. The third-order valence-corrected chi connectivity index (χ3v) is 6.68. The van der Waals surface area contributed by atoms with Crippen LogP contribution in [0.15, 0.2) is 66.7 Å². The molecule has 2 heterocycles. The van der Waals surface area contributed by atoms with Crippen LogP contribution in [0.25, 0.3) is 16.3 Å². The first-order valence-corrected chi connectivity index (χ1v) is 11.4. The summed E-state index contributed by atoms with van der Waals surface area (Å²) in [6, 6.07) is 20.6. The van der Waals surface area contributed by atoms with E-state index in [1.807, 2.05) is 42.5 Å². The second-order valence-electron chi connectivity index (χ2n) is 8.11. The predicted octanol–water partition coefficient (Wildman–Crippen LogP) is 5.97. The largest absolute Gasteiger partial charge is 0.478 e. The smallest absolute Gasteiger partial charge is 0.335 e. The molecule has 2 aromatic carbocycles. The van der Waals surface area contributed by atoms with E-state index in [2.05, 4.69) is 17.2 Å². The van der Waals surface area contributed by atoms with Crippen molar-refractivity contribution in [3.8, 4) is 16.3 Å². The van der Waals surface area contributed by atoms with Gasteiger partial charge < -0.3 is 10.2 Å². The number of rotatable bonds is 7. The number of aryl methyl sites for hydroxylation is 2. The molecule has 4 aromatic rings. The van der Waals surface area contributed by atoms with Gasteiger partial charge in [0.2, 0.25) is 0 Å². The number of aliphatic hydroxyl groups is 1. The number of halogens is 1. The Kier molecular flexibility index (Phi) is 6.20. The minimum atomic E-state index is -1.08. The van der Waals surface area contributed by atoms with Gasteiger partial charge >= 0.3 is 5.97 Å². The van der Waals surface area contributed by atoms with Crippen LogP contribution in [0.4, 0.5) is 0 Å². The molecule has 0 aliphatic heterocycles. The summed E-state index contributed by atoms with van der Waals surface area (Å²) < 4.78 is 1.79. The molecule has 0 radical (unpaired) electrons. The van der Waals surface area contributed by atoms with Gasteiger partial charge in [0.1, 0.15) is 5.60 Å². The summed E-state index contributed by atoms with van der Waals surface area (Å²) >= 11 is 8.11. The third-order valence-electron chi connectivity index (χ3n) is 5.19. The van der Waals surface area contributed by atoms with Crippen molar-refractivity contribution >= 4 is 28.9 Å². The zero-order valence-electron chi connectivity index (χ0n) is 17.7. The van der Waals surface area contributed by atoms with Crippen molar-refractivity contribution in [2.45, 2.75) is 32.3 Å². The Hall–Kier alpha value is -2.93. The molecule has 2 N–H and O–H groups in total. The van der Waals surface area contributed by atoms with E-state index in [1.165, 1.54) is 4.88 Å².